The predicted octanol–water partition coefficient (Wildman–Crippen LogP) is 0.665. The summed E-state index contributed by atoms with van der Waals surface area (Å²) in [5, 5.41) is 21.0. The second kappa shape index (κ2) is 5.90. The van der Waals surface area contributed by atoms with Crippen LogP contribution < -0.4 is 5.32 Å². The summed E-state index contributed by atoms with van der Waals surface area (Å²) in [6, 6.07) is 1.19. The van der Waals surface area contributed by atoms with Crippen molar-refractivity contribution in [3.05, 3.63) is 29.3 Å². The van der Waals surface area contributed by atoms with E-state index in [9.17, 15) is 13.9 Å². The highest BCUT2D eigenvalue weighted by molar-refractivity contribution is 5.22. The number of nitrogens with zero attached hydrogens (tertiary/aromatic N) is 1. The smallest absolute Gasteiger partial charge is 0.158 e. The van der Waals surface area contributed by atoms with Crippen molar-refractivity contribution in [1.29, 1.82) is 0 Å². The summed E-state index contributed by atoms with van der Waals surface area (Å²) in [7, 11) is 0. The van der Waals surface area contributed by atoms with E-state index >= 15 is 0 Å². The number of piperidine rings is 1. The first-order chi connectivity index (χ1) is 9.05. The van der Waals surface area contributed by atoms with E-state index in [1.165, 1.54) is 12.3 Å². The zero-order valence-electron chi connectivity index (χ0n) is 10.6. The summed E-state index contributed by atoms with van der Waals surface area (Å²) in [5.41, 5.74) is -1.43. The van der Waals surface area contributed by atoms with Crippen LogP contribution in [0.1, 0.15) is 24.1 Å². The van der Waals surface area contributed by atoms with E-state index in [1.807, 2.05) is 0 Å². The van der Waals surface area contributed by atoms with Gasteiger partial charge in [0.25, 0.3) is 0 Å². The average Bonchev–Trinajstić information content (AvgIpc) is 2.39. The van der Waals surface area contributed by atoms with Gasteiger partial charge in [-0.3, -0.25) is 4.98 Å². The molecule has 2 heterocycles. The molecule has 0 aliphatic carbocycles. The Hall–Kier alpha value is -1.11. The number of hydrogen-bond donors (Lipinski definition) is 3. The van der Waals surface area contributed by atoms with E-state index in [-0.39, 0.29) is 25.0 Å². The van der Waals surface area contributed by atoms with E-state index in [2.05, 4.69) is 10.3 Å². The Morgan fingerprint density at radius 3 is 2.68 bits per heavy atom. The summed E-state index contributed by atoms with van der Waals surface area (Å²) < 4.78 is 28.6. The number of pyridine rings is 1. The molecule has 106 valence electrons. The van der Waals surface area contributed by atoms with Crippen molar-refractivity contribution in [1.82, 2.24) is 10.3 Å². The maximum Gasteiger partial charge on any atom is 0.158 e. The Bertz CT molecular complexity index is 437. The normalized spacial score (nSPS) is 20.2. The molecular weight excluding hydrogens is 254 g/mol. The number of aliphatic hydroxyl groups is 2. The Kier molecular flexibility index (Phi) is 4.44. The molecule has 0 spiro atoms. The largest absolute Gasteiger partial charge is 0.394 e. The second-order valence-corrected chi connectivity index (χ2v) is 4.93. The maximum absolute atomic E-state index is 14.6. The molecule has 0 aromatic carbocycles. The lowest BCUT2D eigenvalue weighted by atomic mass is 9.90. The van der Waals surface area contributed by atoms with Crippen LogP contribution in [0.4, 0.5) is 8.78 Å². The number of aliphatic hydroxyl groups excluding tert-OH is 2. The highest BCUT2D eigenvalue weighted by Crippen LogP contribution is 2.35. The molecule has 1 unspecified atom stereocenters. The number of hydrogen-bond acceptors (Lipinski definition) is 4. The lowest BCUT2D eigenvalue weighted by Crippen LogP contribution is -2.38. The van der Waals surface area contributed by atoms with Crippen molar-refractivity contribution in [2.45, 2.75) is 31.0 Å². The van der Waals surface area contributed by atoms with Gasteiger partial charge in [0.1, 0.15) is 11.5 Å². The van der Waals surface area contributed by atoms with Crippen LogP contribution >= 0.6 is 0 Å². The lowest BCUT2D eigenvalue weighted by Gasteiger charge is -2.29. The molecule has 0 radical (unpaired) electrons. The van der Waals surface area contributed by atoms with Gasteiger partial charge >= 0.3 is 0 Å². The van der Waals surface area contributed by atoms with Crippen LogP contribution in [0.2, 0.25) is 0 Å². The minimum atomic E-state index is -1.72. The molecular formula is C13H18F2N2O2. The summed E-state index contributed by atoms with van der Waals surface area (Å²) >= 11 is 0. The van der Waals surface area contributed by atoms with Crippen LogP contribution in [0, 0.1) is 5.82 Å². The third-order valence-electron chi connectivity index (χ3n) is 3.40. The van der Waals surface area contributed by atoms with Gasteiger partial charge < -0.3 is 15.5 Å². The summed E-state index contributed by atoms with van der Waals surface area (Å²) in [4.78, 5) is 3.89. The van der Waals surface area contributed by atoms with Crippen LogP contribution in [0.3, 0.4) is 0 Å². The average molecular weight is 272 g/mol. The van der Waals surface area contributed by atoms with Crippen LogP contribution in [0.5, 0.6) is 0 Å². The van der Waals surface area contributed by atoms with Crippen molar-refractivity contribution >= 4 is 0 Å². The molecule has 2 rings (SSSR count). The minimum Gasteiger partial charge on any atom is -0.394 e. The fourth-order valence-corrected chi connectivity index (χ4v) is 2.32. The van der Waals surface area contributed by atoms with Gasteiger partial charge in [-0.25, -0.2) is 8.78 Å². The van der Waals surface area contributed by atoms with Gasteiger partial charge in [0, 0.05) is 12.6 Å². The van der Waals surface area contributed by atoms with Crippen molar-refractivity contribution in [3.63, 3.8) is 0 Å². The predicted molar refractivity (Wildman–Crippen MR) is 65.9 cm³/mol. The van der Waals surface area contributed by atoms with Crippen LogP contribution in [0.25, 0.3) is 0 Å². The standard InChI is InChI=1S/C13H18F2N2O2/c14-11-6-9(5-10(19)8-18)7-17-12(11)13(15)1-3-16-4-2-13/h6-7,10,16,18-19H,1-5,8H2. The van der Waals surface area contributed by atoms with Gasteiger partial charge in [-0.05, 0) is 37.6 Å². The number of halogens is 2. The SMILES string of the molecule is OCC(O)Cc1cnc(C2(F)CCNCC2)c(F)c1. The Balaban J connectivity index is 2.19. The molecule has 1 aliphatic heterocycles. The molecule has 3 N–H and O–H groups in total. The zero-order chi connectivity index (χ0) is 13.9. The second-order valence-electron chi connectivity index (χ2n) is 4.93. The first-order valence-corrected chi connectivity index (χ1v) is 6.38. The minimum absolute atomic E-state index is 0.0988. The molecule has 1 fully saturated rings. The van der Waals surface area contributed by atoms with Gasteiger partial charge in [0.2, 0.25) is 0 Å². The van der Waals surface area contributed by atoms with Crippen molar-refractivity contribution < 1.29 is 19.0 Å². The molecule has 1 aromatic rings. The molecule has 1 saturated heterocycles. The molecule has 4 nitrogen and oxygen atoms in total. The van der Waals surface area contributed by atoms with Crippen molar-refractivity contribution in [2.24, 2.45) is 0 Å². The first kappa shape index (κ1) is 14.3. The lowest BCUT2D eigenvalue weighted by molar-refractivity contribution is 0.0947. The van der Waals surface area contributed by atoms with Gasteiger partial charge in [-0.1, -0.05) is 0 Å². The van der Waals surface area contributed by atoms with Gasteiger partial charge in [0.15, 0.2) is 5.67 Å². The highest BCUT2D eigenvalue weighted by Gasteiger charge is 2.37. The summed E-state index contributed by atoms with van der Waals surface area (Å²) in [6.07, 6.45) is 0.915. The van der Waals surface area contributed by atoms with Crippen LogP contribution in [0.15, 0.2) is 12.3 Å². The quantitative estimate of drug-likeness (QED) is 0.753. The third-order valence-corrected chi connectivity index (χ3v) is 3.40. The molecule has 1 atom stereocenters. The Labute approximate surface area is 110 Å². The number of aromatic nitrogens is 1. The van der Waals surface area contributed by atoms with E-state index in [0.717, 1.165) is 0 Å². The number of nitrogens with one attached hydrogen (secondary N) is 1. The highest BCUT2D eigenvalue weighted by atomic mass is 19.1. The Morgan fingerprint density at radius 1 is 1.42 bits per heavy atom. The Morgan fingerprint density at radius 2 is 2.11 bits per heavy atom. The van der Waals surface area contributed by atoms with Gasteiger partial charge in [-0.15, -0.1) is 0 Å². The molecule has 0 saturated carbocycles. The van der Waals surface area contributed by atoms with Crippen molar-refractivity contribution in [2.75, 3.05) is 19.7 Å². The van der Waals surface area contributed by atoms with E-state index in [0.29, 0.717) is 18.7 Å². The van der Waals surface area contributed by atoms with Crippen LogP contribution in [-0.2, 0) is 12.1 Å². The fourth-order valence-electron chi connectivity index (χ4n) is 2.32. The summed E-state index contributed by atoms with van der Waals surface area (Å²) in [5.74, 6) is -0.688. The monoisotopic (exact) mass is 272 g/mol. The molecule has 0 amide bonds. The molecule has 0 bridgehead atoms. The first-order valence-electron chi connectivity index (χ1n) is 6.38. The van der Waals surface area contributed by atoms with Gasteiger partial charge in [-0.2, -0.15) is 0 Å². The van der Waals surface area contributed by atoms with Gasteiger partial charge in [0.05, 0.1) is 12.7 Å². The fraction of sp³-hybridized carbons (Fsp3) is 0.615. The number of rotatable bonds is 4. The van der Waals surface area contributed by atoms with Crippen LogP contribution in [-0.4, -0.2) is 41.0 Å². The molecule has 1 aromatic heterocycles. The molecule has 6 heteroatoms. The summed E-state index contributed by atoms with van der Waals surface area (Å²) in [6.45, 7) is 0.604. The van der Waals surface area contributed by atoms with E-state index < -0.39 is 24.2 Å². The molecule has 19 heavy (non-hydrogen) atoms. The zero-order valence-corrected chi connectivity index (χ0v) is 10.6. The van der Waals surface area contributed by atoms with E-state index in [1.54, 1.807) is 0 Å². The number of alkyl halides is 1. The topological polar surface area (TPSA) is 65.4 Å². The maximum atomic E-state index is 14.6. The third kappa shape index (κ3) is 3.26. The molecule has 1 aliphatic rings. The van der Waals surface area contributed by atoms with E-state index in [4.69, 9.17) is 5.11 Å². The van der Waals surface area contributed by atoms with Crippen molar-refractivity contribution in [3.8, 4) is 0 Å².